The standard InChI is InChI=1S/C13H9BrF3N3O2/c14-12-6-19-8(5-20-12)4-10(21)7-1-2-11(9(18)3-7)22-13(15,16)17/h1-3,5-6H,4,18H2. The minimum Gasteiger partial charge on any atom is -0.404 e. The van der Waals surface area contributed by atoms with Crippen LogP contribution in [0.4, 0.5) is 18.9 Å². The summed E-state index contributed by atoms with van der Waals surface area (Å²) in [6, 6.07) is 3.35. The molecule has 0 bridgehead atoms. The van der Waals surface area contributed by atoms with Gasteiger partial charge in [0.05, 0.1) is 30.2 Å². The summed E-state index contributed by atoms with van der Waals surface area (Å²) in [6.07, 6.45) is -2.02. The van der Waals surface area contributed by atoms with Gasteiger partial charge in [0.25, 0.3) is 0 Å². The van der Waals surface area contributed by atoms with E-state index < -0.39 is 12.1 Å². The molecule has 0 radical (unpaired) electrons. The third-order valence-electron chi connectivity index (χ3n) is 2.57. The smallest absolute Gasteiger partial charge is 0.404 e. The van der Waals surface area contributed by atoms with Gasteiger partial charge in [0.2, 0.25) is 0 Å². The highest BCUT2D eigenvalue weighted by Crippen LogP contribution is 2.29. The van der Waals surface area contributed by atoms with Crippen molar-refractivity contribution < 1.29 is 22.7 Å². The highest BCUT2D eigenvalue weighted by Gasteiger charge is 2.32. The van der Waals surface area contributed by atoms with E-state index in [4.69, 9.17) is 5.73 Å². The van der Waals surface area contributed by atoms with E-state index in [2.05, 4.69) is 30.6 Å². The predicted molar refractivity (Wildman–Crippen MR) is 75.3 cm³/mol. The molecule has 0 saturated heterocycles. The number of aromatic nitrogens is 2. The monoisotopic (exact) mass is 375 g/mol. The highest BCUT2D eigenvalue weighted by molar-refractivity contribution is 9.10. The van der Waals surface area contributed by atoms with Crippen molar-refractivity contribution in [2.24, 2.45) is 0 Å². The summed E-state index contributed by atoms with van der Waals surface area (Å²) in [5.74, 6) is -0.894. The van der Waals surface area contributed by atoms with Gasteiger partial charge in [-0.15, -0.1) is 13.2 Å². The molecule has 1 aromatic carbocycles. The van der Waals surface area contributed by atoms with Crippen LogP contribution in [-0.2, 0) is 6.42 Å². The normalized spacial score (nSPS) is 11.3. The molecule has 1 aromatic heterocycles. The van der Waals surface area contributed by atoms with Crippen LogP contribution in [0.2, 0.25) is 0 Å². The fraction of sp³-hybridized carbons (Fsp3) is 0.154. The Morgan fingerprint density at radius 3 is 2.55 bits per heavy atom. The summed E-state index contributed by atoms with van der Waals surface area (Å²) >= 11 is 3.12. The zero-order valence-electron chi connectivity index (χ0n) is 10.9. The summed E-state index contributed by atoms with van der Waals surface area (Å²) < 4.78 is 40.7. The molecule has 116 valence electrons. The first-order valence-corrected chi connectivity index (χ1v) is 6.69. The number of carbonyl (C=O) groups is 1. The molecule has 5 nitrogen and oxygen atoms in total. The SMILES string of the molecule is Nc1cc(C(=O)Cc2cnc(Br)cn2)ccc1OC(F)(F)F. The summed E-state index contributed by atoms with van der Waals surface area (Å²) in [4.78, 5) is 20.0. The van der Waals surface area contributed by atoms with Gasteiger partial charge in [-0.1, -0.05) is 0 Å². The number of hydrogen-bond donors (Lipinski definition) is 1. The van der Waals surface area contributed by atoms with Crippen molar-refractivity contribution in [1.29, 1.82) is 0 Å². The number of rotatable bonds is 4. The first kappa shape index (κ1) is 16.2. The lowest BCUT2D eigenvalue weighted by molar-refractivity contribution is -0.274. The number of nitrogens with zero attached hydrogens (tertiary/aromatic N) is 2. The second-order valence-electron chi connectivity index (χ2n) is 4.23. The fourth-order valence-corrected chi connectivity index (χ4v) is 1.84. The lowest BCUT2D eigenvalue weighted by Gasteiger charge is -2.11. The maximum Gasteiger partial charge on any atom is 0.573 e. The van der Waals surface area contributed by atoms with E-state index in [0.717, 1.165) is 12.1 Å². The van der Waals surface area contributed by atoms with Gasteiger partial charge in [-0.25, -0.2) is 4.98 Å². The molecular formula is C13H9BrF3N3O2. The Bertz CT molecular complexity index is 690. The molecule has 0 unspecified atom stereocenters. The van der Waals surface area contributed by atoms with Crippen molar-refractivity contribution in [3.05, 3.63) is 46.5 Å². The molecule has 0 aliphatic rings. The Kier molecular flexibility index (Phi) is 4.65. The summed E-state index contributed by atoms with van der Waals surface area (Å²) in [7, 11) is 0. The fourth-order valence-electron chi connectivity index (χ4n) is 1.64. The summed E-state index contributed by atoms with van der Waals surface area (Å²) in [5, 5.41) is 0. The molecule has 1 heterocycles. The molecule has 0 amide bonds. The molecule has 9 heteroatoms. The average molecular weight is 376 g/mol. The van der Waals surface area contributed by atoms with Gasteiger partial charge in [-0.2, -0.15) is 0 Å². The highest BCUT2D eigenvalue weighted by atomic mass is 79.9. The number of hydrogen-bond acceptors (Lipinski definition) is 5. The van der Waals surface area contributed by atoms with Crippen LogP contribution in [0.1, 0.15) is 16.1 Å². The number of alkyl halides is 3. The maximum atomic E-state index is 12.1. The second-order valence-corrected chi connectivity index (χ2v) is 5.04. The van der Waals surface area contributed by atoms with Crippen molar-refractivity contribution in [3.63, 3.8) is 0 Å². The minimum absolute atomic E-state index is 0.0425. The molecule has 0 fully saturated rings. The van der Waals surface area contributed by atoms with Crippen LogP contribution in [0.3, 0.4) is 0 Å². The van der Waals surface area contributed by atoms with Gasteiger partial charge in [0.1, 0.15) is 4.60 Å². The number of benzene rings is 1. The lowest BCUT2D eigenvalue weighted by atomic mass is 10.1. The Morgan fingerprint density at radius 2 is 2.00 bits per heavy atom. The Balaban J connectivity index is 2.13. The largest absolute Gasteiger partial charge is 0.573 e. The third kappa shape index (κ3) is 4.42. The minimum atomic E-state index is -4.84. The van der Waals surface area contributed by atoms with Crippen LogP contribution in [0.15, 0.2) is 35.2 Å². The number of nitrogens with two attached hydrogens (primary N) is 1. The number of anilines is 1. The van der Waals surface area contributed by atoms with Crippen molar-refractivity contribution in [2.75, 3.05) is 5.73 Å². The van der Waals surface area contributed by atoms with Gasteiger partial charge in [0.15, 0.2) is 11.5 Å². The Hall–Kier alpha value is -2.16. The summed E-state index contributed by atoms with van der Waals surface area (Å²) in [6.45, 7) is 0. The molecule has 0 spiro atoms. The number of nitrogen functional groups attached to an aromatic ring is 1. The molecule has 2 N–H and O–H groups in total. The molecule has 0 aliphatic heterocycles. The van der Waals surface area contributed by atoms with Crippen LogP contribution in [0, 0.1) is 0 Å². The van der Waals surface area contributed by atoms with E-state index in [-0.39, 0.29) is 23.5 Å². The number of halogens is 4. The molecule has 2 aromatic rings. The second kappa shape index (κ2) is 6.30. The Labute approximate surface area is 131 Å². The maximum absolute atomic E-state index is 12.1. The zero-order valence-corrected chi connectivity index (χ0v) is 12.5. The van der Waals surface area contributed by atoms with Gasteiger partial charge in [-0.05, 0) is 34.1 Å². The van der Waals surface area contributed by atoms with Crippen LogP contribution < -0.4 is 10.5 Å². The molecule has 0 aliphatic carbocycles. The van der Waals surface area contributed by atoms with Gasteiger partial charge >= 0.3 is 6.36 Å². The van der Waals surface area contributed by atoms with Gasteiger partial charge in [0, 0.05) is 5.56 Å². The van der Waals surface area contributed by atoms with Gasteiger partial charge < -0.3 is 10.5 Å². The van der Waals surface area contributed by atoms with E-state index in [1.807, 2.05) is 0 Å². The van der Waals surface area contributed by atoms with Crippen LogP contribution in [0.5, 0.6) is 5.75 Å². The van der Waals surface area contributed by atoms with Crippen molar-refractivity contribution in [1.82, 2.24) is 9.97 Å². The van der Waals surface area contributed by atoms with E-state index in [1.54, 1.807) is 0 Å². The topological polar surface area (TPSA) is 78.1 Å². The van der Waals surface area contributed by atoms with Crippen LogP contribution >= 0.6 is 15.9 Å². The third-order valence-corrected chi connectivity index (χ3v) is 2.98. The number of carbonyl (C=O) groups excluding carboxylic acids is 1. The van der Waals surface area contributed by atoms with E-state index in [1.165, 1.54) is 18.5 Å². The quantitative estimate of drug-likeness (QED) is 0.655. The molecule has 0 atom stereocenters. The zero-order chi connectivity index (χ0) is 16.3. The molecule has 0 saturated carbocycles. The van der Waals surface area contributed by atoms with E-state index in [0.29, 0.717) is 10.3 Å². The van der Waals surface area contributed by atoms with Crippen molar-refractivity contribution in [3.8, 4) is 5.75 Å². The van der Waals surface area contributed by atoms with Crippen molar-refractivity contribution in [2.45, 2.75) is 12.8 Å². The number of ketones is 1. The predicted octanol–water partition coefficient (Wildman–Crippen LogP) is 3.15. The Morgan fingerprint density at radius 1 is 1.27 bits per heavy atom. The number of Topliss-reactive ketones (excluding diaryl/α,β-unsaturated/α-hetero) is 1. The number of ether oxygens (including phenoxy) is 1. The van der Waals surface area contributed by atoms with E-state index >= 15 is 0 Å². The molecule has 2 rings (SSSR count). The first-order chi connectivity index (χ1) is 10.2. The summed E-state index contributed by atoms with van der Waals surface area (Å²) in [5.41, 5.74) is 5.79. The molecule has 22 heavy (non-hydrogen) atoms. The van der Waals surface area contributed by atoms with Crippen LogP contribution in [-0.4, -0.2) is 22.1 Å². The average Bonchev–Trinajstić information content (AvgIpc) is 2.42. The lowest BCUT2D eigenvalue weighted by Crippen LogP contribution is -2.18. The molecular weight excluding hydrogens is 367 g/mol. The first-order valence-electron chi connectivity index (χ1n) is 5.89. The van der Waals surface area contributed by atoms with Crippen molar-refractivity contribution >= 4 is 27.4 Å². The van der Waals surface area contributed by atoms with E-state index in [9.17, 15) is 18.0 Å². The van der Waals surface area contributed by atoms with Gasteiger partial charge in [-0.3, -0.25) is 9.78 Å². The van der Waals surface area contributed by atoms with Crippen LogP contribution in [0.25, 0.3) is 0 Å².